The first-order valence-electron chi connectivity index (χ1n) is 8.78. The molecular weight excluding hydrogens is 339 g/mol. The fourth-order valence-corrected chi connectivity index (χ4v) is 2.89. The molecule has 1 amide bonds. The van der Waals surface area contributed by atoms with E-state index in [0.717, 1.165) is 32.5 Å². The van der Waals surface area contributed by atoms with Gasteiger partial charge in [0.05, 0.1) is 0 Å². The minimum Gasteiger partial charge on any atom is -0.481 e. The van der Waals surface area contributed by atoms with E-state index in [0.29, 0.717) is 12.5 Å². The lowest BCUT2D eigenvalue weighted by Crippen LogP contribution is -2.30. The second kappa shape index (κ2) is 8.80. The van der Waals surface area contributed by atoms with Crippen LogP contribution in [0.1, 0.15) is 35.6 Å². The second-order valence-corrected chi connectivity index (χ2v) is 6.42. The molecule has 1 aromatic carbocycles. The van der Waals surface area contributed by atoms with Gasteiger partial charge in [-0.1, -0.05) is 12.1 Å². The third kappa shape index (κ3) is 4.82. The number of rotatable bonds is 7. The van der Waals surface area contributed by atoms with Gasteiger partial charge in [0.2, 0.25) is 5.89 Å². The molecule has 0 saturated carbocycles. The topological polar surface area (TPSA) is 64.8 Å². The van der Waals surface area contributed by atoms with Crippen LogP contribution in [-0.2, 0) is 11.3 Å². The number of aromatic nitrogens is 1. The predicted octanol–water partition coefficient (Wildman–Crippen LogP) is 3.28. The van der Waals surface area contributed by atoms with E-state index in [-0.39, 0.29) is 29.8 Å². The molecule has 26 heavy (non-hydrogen) atoms. The van der Waals surface area contributed by atoms with Crippen LogP contribution >= 0.6 is 0 Å². The maximum absolute atomic E-state index is 13.5. The molecule has 1 aliphatic rings. The van der Waals surface area contributed by atoms with Crippen LogP contribution in [0.25, 0.3) is 0 Å². The van der Waals surface area contributed by atoms with Crippen LogP contribution in [0.2, 0.25) is 0 Å². The summed E-state index contributed by atoms with van der Waals surface area (Å²) in [5, 5.41) is 0. The molecule has 0 N–H and O–H groups in total. The van der Waals surface area contributed by atoms with Crippen molar-refractivity contribution in [2.45, 2.75) is 25.9 Å². The van der Waals surface area contributed by atoms with Gasteiger partial charge in [-0.15, -0.1) is 0 Å². The molecule has 0 unspecified atom stereocenters. The van der Waals surface area contributed by atoms with Crippen molar-refractivity contribution in [2.75, 3.05) is 26.8 Å². The normalized spacial score (nSPS) is 15.0. The van der Waals surface area contributed by atoms with Crippen molar-refractivity contribution in [3.05, 3.63) is 47.9 Å². The first-order valence-corrected chi connectivity index (χ1v) is 8.78. The van der Waals surface area contributed by atoms with Crippen molar-refractivity contribution in [3.8, 4) is 5.75 Å². The number of oxazole rings is 1. The highest BCUT2D eigenvalue weighted by molar-refractivity contribution is 5.91. The van der Waals surface area contributed by atoms with Crippen LogP contribution in [0.4, 0.5) is 4.39 Å². The Morgan fingerprint density at radius 3 is 2.88 bits per heavy atom. The van der Waals surface area contributed by atoms with E-state index < -0.39 is 5.82 Å². The number of carbonyl (C=O) groups excluding carboxylic acids is 1. The Bertz CT molecular complexity index is 728. The van der Waals surface area contributed by atoms with Crippen LogP contribution in [0.5, 0.6) is 5.75 Å². The molecule has 7 heteroatoms. The standard InChI is InChI=1S/C19H23FN2O4/c1-22(9-6-14-7-10-24-11-8-14)19(23)16-12-26-18(21-16)13-25-17-5-3-2-4-15(17)20/h2-5,12,14H,6-11,13H2,1H3. The molecule has 0 atom stereocenters. The van der Waals surface area contributed by atoms with Gasteiger partial charge in [0.25, 0.3) is 5.91 Å². The highest BCUT2D eigenvalue weighted by Gasteiger charge is 2.19. The van der Waals surface area contributed by atoms with Crippen molar-refractivity contribution in [1.82, 2.24) is 9.88 Å². The molecule has 0 spiro atoms. The maximum Gasteiger partial charge on any atom is 0.275 e. The van der Waals surface area contributed by atoms with Gasteiger partial charge in [-0.05, 0) is 37.3 Å². The summed E-state index contributed by atoms with van der Waals surface area (Å²) in [7, 11) is 1.76. The average molecular weight is 362 g/mol. The van der Waals surface area contributed by atoms with Crippen LogP contribution in [0.3, 0.4) is 0 Å². The van der Waals surface area contributed by atoms with Gasteiger partial charge in [0.15, 0.2) is 23.9 Å². The number of benzene rings is 1. The van der Waals surface area contributed by atoms with Gasteiger partial charge in [-0.3, -0.25) is 4.79 Å². The Morgan fingerprint density at radius 1 is 1.35 bits per heavy atom. The lowest BCUT2D eigenvalue weighted by molar-refractivity contribution is 0.0582. The smallest absolute Gasteiger partial charge is 0.275 e. The van der Waals surface area contributed by atoms with Crippen LogP contribution < -0.4 is 4.74 Å². The van der Waals surface area contributed by atoms with Crippen molar-refractivity contribution in [3.63, 3.8) is 0 Å². The Morgan fingerprint density at radius 2 is 2.12 bits per heavy atom. The minimum atomic E-state index is -0.455. The van der Waals surface area contributed by atoms with Crippen LogP contribution in [-0.4, -0.2) is 42.6 Å². The number of ether oxygens (including phenoxy) is 2. The highest BCUT2D eigenvalue weighted by Crippen LogP contribution is 2.19. The monoisotopic (exact) mass is 362 g/mol. The average Bonchev–Trinajstić information content (AvgIpc) is 3.14. The first-order chi connectivity index (χ1) is 12.6. The highest BCUT2D eigenvalue weighted by atomic mass is 19.1. The summed E-state index contributed by atoms with van der Waals surface area (Å²) in [6.07, 6.45) is 4.35. The molecule has 0 bridgehead atoms. The Balaban J connectivity index is 1.49. The van der Waals surface area contributed by atoms with Crippen LogP contribution in [0.15, 0.2) is 34.9 Å². The van der Waals surface area contributed by atoms with Crippen molar-refractivity contribution in [1.29, 1.82) is 0 Å². The van der Waals surface area contributed by atoms with Crippen molar-refractivity contribution in [2.24, 2.45) is 5.92 Å². The molecule has 140 valence electrons. The molecule has 3 rings (SSSR count). The maximum atomic E-state index is 13.5. The fraction of sp³-hybridized carbons (Fsp3) is 0.474. The zero-order valence-electron chi connectivity index (χ0n) is 14.8. The summed E-state index contributed by atoms with van der Waals surface area (Å²) < 4.78 is 29.5. The molecule has 1 fully saturated rings. The fourth-order valence-electron chi connectivity index (χ4n) is 2.89. The van der Waals surface area contributed by atoms with Crippen molar-refractivity contribution >= 4 is 5.91 Å². The molecule has 2 heterocycles. The lowest BCUT2D eigenvalue weighted by atomic mass is 9.96. The van der Waals surface area contributed by atoms with E-state index in [4.69, 9.17) is 13.9 Å². The summed E-state index contributed by atoms with van der Waals surface area (Å²) in [4.78, 5) is 18.2. The minimum absolute atomic E-state index is 0.0417. The number of hydrogen-bond donors (Lipinski definition) is 0. The third-order valence-corrected chi connectivity index (χ3v) is 4.52. The van der Waals surface area contributed by atoms with Gasteiger partial charge in [0.1, 0.15) is 6.26 Å². The summed E-state index contributed by atoms with van der Waals surface area (Å²) >= 11 is 0. The summed E-state index contributed by atoms with van der Waals surface area (Å²) in [5.74, 6) is 0.295. The summed E-state index contributed by atoms with van der Waals surface area (Å²) in [5.41, 5.74) is 0.228. The lowest BCUT2D eigenvalue weighted by Gasteiger charge is -2.24. The molecule has 2 aromatic rings. The summed E-state index contributed by atoms with van der Waals surface area (Å²) in [6.45, 7) is 2.23. The molecule has 0 aliphatic carbocycles. The molecule has 1 saturated heterocycles. The zero-order chi connectivity index (χ0) is 18.4. The van der Waals surface area contributed by atoms with E-state index in [1.54, 1.807) is 24.1 Å². The van der Waals surface area contributed by atoms with Gasteiger partial charge in [-0.25, -0.2) is 9.37 Å². The largest absolute Gasteiger partial charge is 0.481 e. The molecule has 1 aromatic heterocycles. The van der Waals surface area contributed by atoms with Gasteiger partial charge in [-0.2, -0.15) is 0 Å². The number of nitrogens with zero attached hydrogens (tertiary/aromatic N) is 2. The summed E-state index contributed by atoms with van der Waals surface area (Å²) in [6, 6.07) is 6.10. The zero-order valence-corrected chi connectivity index (χ0v) is 14.8. The van der Waals surface area contributed by atoms with Crippen molar-refractivity contribution < 1.29 is 23.1 Å². The van der Waals surface area contributed by atoms with Gasteiger partial charge >= 0.3 is 0 Å². The van der Waals surface area contributed by atoms with E-state index in [1.807, 2.05) is 0 Å². The quantitative estimate of drug-likeness (QED) is 0.756. The van der Waals surface area contributed by atoms with Crippen LogP contribution in [0, 0.1) is 11.7 Å². The molecule has 6 nitrogen and oxygen atoms in total. The molecule has 1 aliphatic heterocycles. The third-order valence-electron chi connectivity index (χ3n) is 4.52. The Hall–Kier alpha value is -2.41. The second-order valence-electron chi connectivity index (χ2n) is 6.42. The predicted molar refractivity (Wildman–Crippen MR) is 92.4 cm³/mol. The Labute approximate surface area is 151 Å². The number of para-hydroxylation sites is 1. The number of amides is 1. The number of halogens is 1. The van der Waals surface area contributed by atoms with Gasteiger partial charge in [0, 0.05) is 26.8 Å². The number of hydrogen-bond acceptors (Lipinski definition) is 5. The first kappa shape index (κ1) is 18.4. The van der Waals surface area contributed by atoms with E-state index in [1.165, 1.54) is 18.4 Å². The van der Waals surface area contributed by atoms with E-state index >= 15 is 0 Å². The number of carbonyl (C=O) groups is 1. The van der Waals surface area contributed by atoms with Gasteiger partial charge < -0.3 is 18.8 Å². The SMILES string of the molecule is CN(CCC1CCOCC1)C(=O)c1coc(COc2ccccc2F)n1. The van der Waals surface area contributed by atoms with E-state index in [2.05, 4.69) is 4.98 Å². The molecule has 0 radical (unpaired) electrons. The Kier molecular flexibility index (Phi) is 6.22. The van der Waals surface area contributed by atoms with E-state index in [9.17, 15) is 9.18 Å². The molecular formula is C19H23FN2O4.